The lowest BCUT2D eigenvalue weighted by Gasteiger charge is -2.25. The Labute approximate surface area is 174 Å². The third-order valence-corrected chi connectivity index (χ3v) is 5.22. The van der Waals surface area contributed by atoms with Crippen molar-refractivity contribution in [1.29, 1.82) is 0 Å². The summed E-state index contributed by atoms with van der Waals surface area (Å²) in [5, 5.41) is 11.0. The highest BCUT2D eigenvalue weighted by molar-refractivity contribution is 6.46. The molecule has 2 heterocycles. The lowest BCUT2D eigenvalue weighted by Crippen LogP contribution is -2.29. The number of nitrogens with zero attached hydrogens (tertiary/aromatic N) is 2. The van der Waals surface area contributed by atoms with Gasteiger partial charge in [-0.1, -0.05) is 42.5 Å². The Morgan fingerprint density at radius 1 is 1.00 bits per heavy atom. The van der Waals surface area contributed by atoms with Crippen molar-refractivity contribution in [1.82, 2.24) is 4.90 Å². The van der Waals surface area contributed by atoms with Gasteiger partial charge in [-0.2, -0.15) is 0 Å². The van der Waals surface area contributed by atoms with E-state index in [1.54, 1.807) is 36.4 Å². The number of aliphatic hydroxyl groups excluding tert-OH is 1. The molecule has 1 amide bonds. The number of benzene rings is 2. The van der Waals surface area contributed by atoms with Crippen molar-refractivity contribution in [3.05, 3.63) is 95.5 Å². The van der Waals surface area contributed by atoms with Crippen LogP contribution in [0.4, 0.5) is 5.69 Å². The number of ketones is 1. The fraction of sp³-hybridized carbons (Fsp3) is 0.167. The van der Waals surface area contributed by atoms with E-state index >= 15 is 0 Å². The molecule has 1 atom stereocenters. The van der Waals surface area contributed by atoms with Crippen LogP contribution >= 0.6 is 0 Å². The summed E-state index contributed by atoms with van der Waals surface area (Å²) in [6, 6.07) is 19.1. The van der Waals surface area contributed by atoms with Crippen LogP contribution in [0, 0.1) is 0 Å². The smallest absolute Gasteiger partial charge is 0.296 e. The van der Waals surface area contributed by atoms with Gasteiger partial charge in [0.15, 0.2) is 0 Å². The van der Waals surface area contributed by atoms with Gasteiger partial charge in [-0.05, 0) is 29.8 Å². The first kappa shape index (κ1) is 19.5. The highest BCUT2D eigenvalue weighted by Gasteiger charge is 2.46. The number of anilines is 1. The molecule has 1 aromatic heterocycles. The Hall–Kier alpha value is -3.80. The largest absolute Gasteiger partial charge is 0.507 e. The summed E-state index contributed by atoms with van der Waals surface area (Å²) in [5.74, 6) is -0.987. The fourth-order valence-corrected chi connectivity index (χ4v) is 3.67. The first-order chi connectivity index (χ1) is 14.5. The molecule has 152 valence electrons. The molecule has 1 N–H and O–H groups in total. The van der Waals surface area contributed by atoms with Crippen molar-refractivity contribution >= 4 is 23.1 Å². The minimum atomic E-state index is -0.716. The van der Waals surface area contributed by atoms with Crippen LogP contribution in [0.3, 0.4) is 0 Å². The molecule has 6 nitrogen and oxygen atoms in total. The lowest BCUT2D eigenvalue weighted by molar-refractivity contribution is -0.140. The van der Waals surface area contributed by atoms with Gasteiger partial charge in [-0.25, -0.2) is 0 Å². The van der Waals surface area contributed by atoms with E-state index in [2.05, 4.69) is 0 Å². The standard InChI is InChI=1S/C24H22N2O4/c1-25(2)18-12-10-16(11-13-18)21-20(22(27)17-7-4-3-5-8-17)23(28)24(29)26(21)15-19-9-6-14-30-19/h3-14,21,27H,15H2,1-2H3/t21-/m0/s1. The first-order valence-electron chi connectivity index (χ1n) is 9.61. The third-order valence-electron chi connectivity index (χ3n) is 5.22. The van der Waals surface area contributed by atoms with E-state index in [0.29, 0.717) is 11.3 Å². The number of carbonyl (C=O) groups excluding carboxylic acids is 2. The molecule has 1 aliphatic rings. The summed E-state index contributed by atoms with van der Waals surface area (Å²) in [5.41, 5.74) is 2.30. The predicted octanol–water partition coefficient (Wildman–Crippen LogP) is 3.97. The maximum atomic E-state index is 13.0. The number of hydrogen-bond donors (Lipinski definition) is 1. The SMILES string of the molecule is CN(C)c1ccc([C@H]2C(=C(O)c3ccccc3)C(=O)C(=O)N2Cc2ccco2)cc1. The average Bonchev–Trinajstić information content (AvgIpc) is 3.36. The fourth-order valence-electron chi connectivity index (χ4n) is 3.67. The molecule has 0 bridgehead atoms. The zero-order valence-corrected chi connectivity index (χ0v) is 16.8. The van der Waals surface area contributed by atoms with Crippen molar-refractivity contribution in [3.63, 3.8) is 0 Å². The van der Waals surface area contributed by atoms with Crippen molar-refractivity contribution < 1.29 is 19.1 Å². The minimum absolute atomic E-state index is 0.0790. The van der Waals surface area contributed by atoms with Crippen molar-refractivity contribution in [3.8, 4) is 0 Å². The molecule has 30 heavy (non-hydrogen) atoms. The van der Waals surface area contributed by atoms with Crippen LogP contribution in [-0.2, 0) is 16.1 Å². The number of Topliss-reactive ketones (excluding diaryl/α,β-unsaturated/α-hetero) is 1. The van der Waals surface area contributed by atoms with Gasteiger partial charge in [0, 0.05) is 25.3 Å². The van der Waals surface area contributed by atoms with Crippen molar-refractivity contribution in [2.45, 2.75) is 12.6 Å². The number of amides is 1. The Morgan fingerprint density at radius 2 is 1.70 bits per heavy atom. The van der Waals surface area contributed by atoms with E-state index in [9.17, 15) is 14.7 Å². The van der Waals surface area contributed by atoms with Gasteiger partial charge in [-0.15, -0.1) is 0 Å². The van der Waals surface area contributed by atoms with Crippen molar-refractivity contribution in [2.24, 2.45) is 0 Å². The Balaban J connectivity index is 1.85. The highest BCUT2D eigenvalue weighted by Crippen LogP contribution is 2.40. The van der Waals surface area contributed by atoms with E-state index < -0.39 is 17.7 Å². The molecule has 6 heteroatoms. The van der Waals surface area contributed by atoms with Crippen LogP contribution in [0.5, 0.6) is 0 Å². The maximum Gasteiger partial charge on any atom is 0.296 e. The quantitative estimate of drug-likeness (QED) is 0.397. The molecular weight excluding hydrogens is 380 g/mol. The molecule has 2 aromatic carbocycles. The van der Waals surface area contributed by atoms with Crippen LogP contribution < -0.4 is 4.90 Å². The van der Waals surface area contributed by atoms with Crippen LogP contribution in [0.1, 0.15) is 22.9 Å². The summed E-state index contributed by atoms with van der Waals surface area (Å²) in [6.07, 6.45) is 1.52. The third kappa shape index (κ3) is 3.48. The van der Waals surface area contributed by atoms with Gasteiger partial charge < -0.3 is 19.3 Å². The second-order valence-corrected chi connectivity index (χ2v) is 7.36. The molecular formula is C24H22N2O4. The van der Waals surface area contributed by atoms with E-state index in [0.717, 1.165) is 11.3 Å². The summed E-state index contributed by atoms with van der Waals surface area (Å²) in [4.78, 5) is 29.3. The molecule has 3 aromatic rings. The zero-order valence-electron chi connectivity index (χ0n) is 16.8. The monoisotopic (exact) mass is 402 g/mol. The van der Waals surface area contributed by atoms with Crippen LogP contribution in [-0.4, -0.2) is 35.8 Å². The van der Waals surface area contributed by atoms with E-state index in [-0.39, 0.29) is 17.9 Å². The van der Waals surface area contributed by atoms with Crippen molar-refractivity contribution in [2.75, 3.05) is 19.0 Å². The Bertz CT molecular complexity index is 1080. The number of carbonyl (C=O) groups is 2. The zero-order chi connectivity index (χ0) is 21.3. The molecule has 4 rings (SSSR count). The topological polar surface area (TPSA) is 74.0 Å². The lowest BCUT2D eigenvalue weighted by atomic mass is 9.95. The normalized spacial score (nSPS) is 18.1. The number of furan rings is 1. The summed E-state index contributed by atoms with van der Waals surface area (Å²) < 4.78 is 5.40. The number of hydrogen-bond acceptors (Lipinski definition) is 5. The molecule has 1 aliphatic heterocycles. The van der Waals surface area contributed by atoms with Gasteiger partial charge in [-0.3, -0.25) is 9.59 Å². The number of likely N-dealkylation sites (tertiary alicyclic amines) is 1. The van der Waals surface area contributed by atoms with Gasteiger partial charge in [0.2, 0.25) is 0 Å². The van der Waals surface area contributed by atoms with E-state index in [4.69, 9.17) is 4.42 Å². The maximum absolute atomic E-state index is 13.0. The van der Waals surface area contributed by atoms with Crippen LogP contribution in [0.25, 0.3) is 5.76 Å². The Morgan fingerprint density at radius 3 is 2.30 bits per heavy atom. The molecule has 0 saturated carbocycles. The molecule has 0 aliphatic carbocycles. The molecule has 1 fully saturated rings. The highest BCUT2D eigenvalue weighted by atomic mass is 16.3. The summed E-state index contributed by atoms with van der Waals surface area (Å²) in [7, 11) is 3.88. The molecule has 0 unspecified atom stereocenters. The minimum Gasteiger partial charge on any atom is -0.507 e. The molecule has 0 radical (unpaired) electrons. The van der Waals surface area contributed by atoms with Crippen LogP contribution in [0.2, 0.25) is 0 Å². The predicted molar refractivity (Wildman–Crippen MR) is 114 cm³/mol. The first-order valence-corrected chi connectivity index (χ1v) is 9.61. The Kier molecular flexibility index (Phi) is 5.14. The number of aliphatic hydroxyl groups is 1. The summed E-state index contributed by atoms with van der Waals surface area (Å²) in [6.45, 7) is 0.128. The van der Waals surface area contributed by atoms with Gasteiger partial charge in [0.05, 0.1) is 24.4 Å². The van der Waals surface area contributed by atoms with Crippen LogP contribution in [0.15, 0.2) is 83.0 Å². The second kappa shape index (κ2) is 7.91. The van der Waals surface area contributed by atoms with Gasteiger partial charge >= 0.3 is 0 Å². The average molecular weight is 402 g/mol. The van der Waals surface area contributed by atoms with Gasteiger partial charge in [0.1, 0.15) is 11.5 Å². The summed E-state index contributed by atoms with van der Waals surface area (Å²) >= 11 is 0. The molecule has 0 spiro atoms. The van der Waals surface area contributed by atoms with E-state index in [1.807, 2.05) is 49.3 Å². The van der Waals surface area contributed by atoms with Gasteiger partial charge in [0.25, 0.3) is 11.7 Å². The number of rotatable bonds is 5. The van der Waals surface area contributed by atoms with E-state index in [1.165, 1.54) is 11.2 Å². The molecule has 1 saturated heterocycles. The second-order valence-electron chi connectivity index (χ2n) is 7.36.